The van der Waals surface area contributed by atoms with Crippen LogP contribution >= 0.6 is 0 Å². The fourth-order valence-corrected chi connectivity index (χ4v) is 2.36. The van der Waals surface area contributed by atoms with Gasteiger partial charge in [-0.05, 0) is 38.0 Å². The number of anilines is 1. The average molecular weight is 301 g/mol. The van der Waals surface area contributed by atoms with Crippen LogP contribution in [0.1, 0.15) is 17.0 Å². The van der Waals surface area contributed by atoms with Crippen LogP contribution in [0.4, 0.5) is 5.69 Å². The zero-order valence-corrected chi connectivity index (χ0v) is 13.6. The van der Waals surface area contributed by atoms with Gasteiger partial charge in [0.05, 0.1) is 12.8 Å². The van der Waals surface area contributed by atoms with Crippen molar-refractivity contribution in [3.63, 3.8) is 0 Å². The molecule has 118 valence electrons. The van der Waals surface area contributed by atoms with Crippen LogP contribution in [0.3, 0.4) is 0 Å². The number of aromatic nitrogens is 2. The Morgan fingerprint density at radius 3 is 2.82 bits per heavy atom. The monoisotopic (exact) mass is 301 g/mol. The third-order valence-electron chi connectivity index (χ3n) is 3.64. The van der Waals surface area contributed by atoms with Gasteiger partial charge in [0.1, 0.15) is 5.75 Å². The van der Waals surface area contributed by atoms with Gasteiger partial charge in [-0.1, -0.05) is 6.07 Å². The van der Waals surface area contributed by atoms with Crippen LogP contribution in [-0.4, -0.2) is 29.4 Å². The highest BCUT2D eigenvalue weighted by atomic mass is 16.5. The molecular weight excluding hydrogens is 278 g/mol. The standard InChI is InChI=1S/C16H23N5O/c1-11-15(12(2)21(3)20-11)8-9-18-16(17)19-13-6-5-7-14(10-13)22-4/h5-7,10H,8-9H2,1-4H3,(H3,17,18,19). The summed E-state index contributed by atoms with van der Waals surface area (Å²) in [6, 6.07) is 7.57. The molecule has 0 aliphatic carbocycles. The van der Waals surface area contributed by atoms with Crippen LogP contribution in [0.15, 0.2) is 29.3 Å². The molecule has 0 spiro atoms. The van der Waals surface area contributed by atoms with Crippen molar-refractivity contribution in [1.82, 2.24) is 9.78 Å². The van der Waals surface area contributed by atoms with Crippen molar-refractivity contribution in [3.05, 3.63) is 41.2 Å². The van der Waals surface area contributed by atoms with Gasteiger partial charge in [0.2, 0.25) is 0 Å². The number of aliphatic imine (C=N–C) groups is 1. The molecule has 0 amide bonds. The van der Waals surface area contributed by atoms with Crippen molar-refractivity contribution >= 4 is 11.6 Å². The Morgan fingerprint density at radius 1 is 1.41 bits per heavy atom. The fraction of sp³-hybridized carbons (Fsp3) is 0.375. The van der Waals surface area contributed by atoms with E-state index in [1.807, 2.05) is 42.9 Å². The predicted molar refractivity (Wildman–Crippen MR) is 89.5 cm³/mol. The van der Waals surface area contributed by atoms with Crippen molar-refractivity contribution in [1.29, 1.82) is 0 Å². The number of hydrogen-bond acceptors (Lipinski definition) is 3. The highest BCUT2D eigenvalue weighted by Crippen LogP contribution is 2.16. The first-order valence-corrected chi connectivity index (χ1v) is 7.21. The zero-order chi connectivity index (χ0) is 16.1. The molecule has 2 aromatic rings. The fourth-order valence-electron chi connectivity index (χ4n) is 2.36. The summed E-state index contributed by atoms with van der Waals surface area (Å²) in [7, 11) is 3.59. The normalized spacial score (nSPS) is 11.5. The van der Waals surface area contributed by atoms with Gasteiger partial charge < -0.3 is 15.8 Å². The summed E-state index contributed by atoms with van der Waals surface area (Å²) in [5.41, 5.74) is 10.2. The summed E-state index contributed by atoms with van der Waals surface area (Å²) in [4.78, 5) is 4.37. The molecule has 2 rings (SSSR count). The second-order valence-electron chi connectivity index (χ2n) is 5.15. The Balaban J connectivity index is 1.95. The van der Waals surface area contributed by atoms with Crippen molar-refractivity contribution in [2.24, 2.45) is 17.8 Å². The molecule has 1 aromatic carbocycles. The van der Waals surface area contributed by atoms with E-state index in [9.17, 15) is 0 Å². The maximum absolute atomic E-state index is 5.92. The number of nitrogens with one attached hydrogen (secondary N) is 1. The van der Waals surface area contributed by atoms with E-state index in [2.05, 4.69) is 22.3 Å². The molecule has 1 aromatic heterocycles. The van der Waals surface area contributed by atoms with Crippen LogP contribution in [0.2, 0.25) is 0 Å². The molecule has 0 saturated carbocycles. The topological polar surface area (TPSA) is 77.5 Å². The number of methoxy groups -OCH3 is 1. The van der Waals surface area contributed by atoms with E-state index in [4.69, 9.17) is 10.5 Å². The predicted octanol–water partition coefficient (Wildman–Crippen LogP) is 2.01. The Labute approximate surface area is 131 Å². The number of aryl methyl sites for hydroxylation is 2. The molecule has 0 aliphatic rings. The van der Waals surface area contributed by atoms with Gasteiger partial charge in [-0.25, -0.2) is 0 Å². The molecule has 22 heavy (non-hydrogen) atoms. The maximum atomic E-state index is 5.92. The van der Waals surface area contributed by atoms with Crippen LogP contribution in [0.5, 0.6) is 5.75 Å². The lowest BCUT2D eigenvalue weighted by atomic mass is 10.1. The Hall–Kier alpha value is -2.50. The molecule has 0 saturated heterocycles. The van der Waals surface area contributed by atoms with Crippen molar-refractivity contribution in [2.75, 3.05) is 19.0 Å². The Kier molecular flexibility index (Phi) is 5.04. The largest absolute Gasteiger partial charge is 0.497 e. The zero-order valence-electron chi connectivity index (χ0n) is 13.6. The number of rotatable bonds is 5. The molecular formula is C16H23N5O. The molecule has 0 unspecified atom stereocenters. The number of hydrogen-bond donors (Lipinski definition) is 2. The van der Waals surface area contributed by atoms with E-state index in [-0.39, 0.29) is 0 Å². The SMILES string of the molecule is COc1cccc(NC(N)=NCCc2c(C)nn(C)c2C)c1. The van der Waals surface area contributed by atoms with E-state index in [0.29, 0.717) is 12.5 Å². The van der Waals surface area contributed by atoms with Gasteiger partial charge >= 0.3 is 0 Å². The third-order valence-corrected chi connectivity index (χ3v) is 3.64. The van der Waals surface area contributed by atoms with Gasteiger partial charge in [0.25, 0.3) is 0 Å². The lowest BCUT2D eigenvalue weighted by molar-refractivity contribution is 0.415. The molecule has 0 fully saturated rings. The quantitative estimate of drug-likeness (QED) is 0.654. The van der Waals surface area contributed by atoms with Gasteiger partial charge in [0, 0.05) is 31.0 Å². The van der Waals surface area contributed by atoms with Gasteiger partial charge in [-0.3, -0.25) is 9.67 Å². The highest BCUT2D eigenvalue weighted by molar-refractivity contribution is 5.92. The number of nitrogens with zero attached hydrogens (tertiary/aromatic N) is 3. The lowest BCUT2D eigenvalue weighted by Gasteiger charge is -2.07. The van der Waals surface area contributed by atoms with Crippen LogP contribution in [0, 0.1) is 13.8 Å². The number of ether oxygens (including phenoxy) is 1. The molecule has 6 heteroatoms. The molecule has 1 heterocycles. The van der Waals surface area contributed by atoms with E-state index in [1.165, 1.54) is 11.3 Å². The first kappa shape index (κ1) is 15.9. The highest BCUT2D eigenvalue weighted by Gasteiger charge is 2.08. The van der Waals surface area contributed by atoms with Crippen LogP contribution < -0.4 is 15.8 Å². The summed E-state index contributed by atoms with van der Waals surface area (Å²) in [6.45, 7) is 4.71. The molecule has 0 radical (unpaired) electrons. The Bertz CT molecular complexity index is 675. The Morgan fingerprint density at radius 2 is 2.18 bits per heavy atom. The summed E-state index contributed by atoms with van der Waals surface area (Å²) in [5.74, 6) is 1.17. The van der Waals surface area contributed by atoms with E-state index in [0.717, 1.165) is 23.6 Å². The summed E-state index contributed by atoms with van der Waals surface area (Å²) in [6.07, 6.45) is 0.825. The van der Waals surface area contributed by atoms with Gasteiger partial charge in [-0.15, -0.1) is 0 Å². The number of nitrogens with two attached hydrogens (primary N) is 1. The minimum Gasteiger partial charge on any atom is -0.497 e. The number of guanidine groups is 1. The summed E-state index contributed by atoms with van der Waals surface area (Å²) >= 11 is 0. The second-order valence-corrected chi connectivity index (χ2v) is 5.15. The minimum atomic E-state index is 0.396. The molecule has 0 bridgehead atoms. The van der Waals surface area contributed by atoms with E-state index < -0.39 is 0 Å². The first-order valence-electron chi connectivity index (χ1n) is 7.21. The molecule has 6 nitrogen and oxygen atoms in total. The second kappa shape index (κ2) is 6.98. The summed E-state index contributed by atoms with van der Waals surface area (Å²) in [5, 5.41) is 7.47. The third kappa shape index (κ3) is 3.78. The van der Waals surface area contributed by atoms with Gasteiger partial charge in [0.15, 0.2) is 5.96 Å². The summed E-state index contributed by atoms with van der Waals surface area (Å²) < 4.78 is 7.07. The lowest BCUT2D eigenvalue weighted by Crippen LogP contribution is -2.23. The van der Waals surface area contributed by atoms with Crippen LogP contribution in [-0.2, 0) is 13.5 Å². The number of benzene rings is 1. The molecule has 3 N–H and O–H groups in total. The first-order chi connectivity index (χ1) is 10.5. The smallest absolute Gasteiger partial charge is 0.193 e. The van der Waals surface area contributed by atoms with Gasteiger partial charge in [-0.2, -0.15) is 5.10 Å². The van der Waals surface area contributed by atoms with E-state index in [1.54, 1.807) is 7.11 Å². The maximum Gasteiger partial charge on any atom is 0.193 e. The van der Waals surface area contributed by atoms with Crippen LogP contribution in [0.25, 0.3) is 0 Å². The van der Waals surface area contributed by atoms with Crippen molar-refractivity contribution in [2.45, 2.75) is 20.3 Å². The molecule has 0 aliphatic heterocycles. The van der Waals surface area contributed by atoms with Crippen molar-refractivity contribution < 1.29 is 4.74 Å². The van der Waals surface area contributed by atoms with E-state index >= 15 is 0 Å². The molecule has 0 atom stereocenters. The van der Waals surface area contributed by atoms with Crippen molar-refractivity contribution in [3.8, 4) is 5.75 Å². The minimum absolute atomic E-state index is 0.396. The average Bonchev–Trinajstić information content (AvgIpc) is 2.73.